The maximum absolute atomic E-state index is 12.3. The number of alkyl halides is 1. The number of halogens is 1. The molecule has 0 aliphatic heterocycles. The average Bonchev–Trinajstić information content (AvgIpc) is 3.15. The minimum Gasteiger partial charge on any atom is -0.251 e. The Kier molecular flexibility index (Phi) is 4.21. The SMILES string of the molecule is FCCCc1cn(-c2ccc(-c3ccc4ccccc4n3)cc2)nn1. The van der Waals surface area contributed by atoms with Crippen LogP contribution in [0.25, 0.3) is 27.8 Å². The van der Waals surface area contributed by atoms with Gasteiger partial charge < -0.3 is 0 Å². The van der Waals surface area contributed by atoms with Crippen LogP contribution in [-0.2, 0) is 6.42 Å². The van der Waals surface area contributed by atoms with Gasteiger partial charge in [0.15, 0.2) is 0 Å². The molecule has 4 nitrogen and oxygen atoms in total. The molecule has 5 heteroatoms. The van der Waals surface area contributed by atoms with Crippen LogP contribution < -0.4 is 0 Å². The van der Waals surface area contributed by atoms with Crippen LogP contribution in [0.4, 0.5) is 4.39 Å². The molecule has 2 aromatic carbocycles. The monoisotopic (exact) mass is 332 g/mol. The molecule has 25 heavy (non-hydrogen) atoms. The van der Waals surface area contributed by atoms with Crippen molar-refractivity contribution in [2.75, 3.05) is 6.67 Å². The van der Waals surface area contributed by atoms with E-state index in [2.05, 4.69) is 22.4 Å². The van der Waals surface area contributed by atoms with E-state index in [-0.39, 0.29) is 6.67 Å². The normalized spacial score (nSPS) is 11.1. The van der Waals surface area contributed by atoms with E-state index in [0.29, 0.717) is 12.8 Å². The highest BCUT2D eigenvalue weighted by molar-refractivity contribution is 5.81. The lowest BCUT2D eigenvalue weighted by molar-refractivity contribution is 0.471. The molecule has 4 rings (SSSR count). The molecule has 0 aliphatic rings. The minimum atomic E-state index is -0.333. The largest absolute Gasteiger partial charge is 0.251 e. The highest BCUT2D eigenvalue weighted by Gasteiger charge is 2.05. The number of hydrogen-bond acceptors (Lipinski definition) is 3. The summed E-state index contributed by atoms with van der Waals surface area (Å²) in [5.41, 5.74) is 4.69. The van der Waals surface area contributed by atoms with E-state index in [1.165, 1.54) is 0 Å². The van der Waals surface area contributed by atoms with Crippen LogP contribution in [0.3, 0.4) is 0 Å². The van der Waals surface area contributed by atoms with Gasteiger partial charge in [0.25, 0.3) is 0 Å². The third-order valence-electron chi connectivity index (χ3n) is 4.13. The molecule has 0 spiro atoms. The molecule has 0 amide bonds. The Labute approximate surface area is 145 Å². The van der Waals surface area contributed by atoms with E-state index in [4.69, 9.17) is 4.98 Å². The molecule has 124 valence electrons. The second-order valence-electron chi connectivity index (χ2n) is 5.88. The van der Waals surface area contributed by atoms with Crippen molar-refractivity contribution in [1.29, 1.82) is 0 Å². The van der Waals surface area contributed by atoms with Crippen molar-refractivity contribution in [3.63, 3.8) is 0 Å². The van der Waals surface area contributed by atoms with Gasteiger partial charge >= 0.3 is 0 Å². The lowest BCUT2D eigenvalue weighted by Gasteiger charge is -2.05. The molecular weight excluding hydrogens is 315 g/mol. The first kappa shape index (κ1) is 15.4. The van der Waals surface area contributed by atoms with Crippen molar-refractivity contribution >= 4 is 10.9 Å². The number of pyridine rings is 1. The second-order valence-corrected chi connectivity index (χ2v) is 5.88. The smallest absolute Gasteiger partial charge is 0.0898 e. The number of rotatable bonds is 5. The molecule has 0 unspecified atom stereocenters. The predicted octanol–water partition coefficient (Wildman–Crippen LogP) is 4.38. The fraction of sp³-hybridized carbons (Fsp3) is 0.150. The average molecular weight is 332 g/mol. The van der Waals surface area contributed by atoms with Gasteiger partial charge in [0.2, 0.25) is 0 Å². The zero-order valence-electron chi connectivity index (χ0n) is 13.6. The Bertz CT molecular complexity index is 992. The Morgan fingerprint density at radius 3 is 2.60 bits per heavy atom. The summed E-state index contributed by atoms with van der Waals surface area (Å²) in [5.74, 6) is 0. The van der Waals surface area contributed by atoms with E-state index in [9.17, 15) is 4.39 Å². The van der Waals surface area contributed by atoms with E-state index >= 15 is 0 Å². The zero-order valence-corrected chi connectivity index (χ0v) is 13.6. The number of nitrogens with zero attached hydrogens (tertiary/aromatic N) is 4. The number of hydrogen-bond donors (Lipinski definition) is 0. The van der Waals surface area contributed by atoms with E-state index in [1.807, 2.05) is 54.7 Å². The summed E-state index contributed by atoms with van der Waals surface area (Å²) < 4.78 is 14.0. The van der Waals surface area contributed by atoms with Crippen LogP contribution in [0.2, 0.25) is 0 Å². The van der Waals surface area contributed by atoms with Crippen LogP contribution in [0.5, 0.6) is 0 Å². The van der Waals surface area contributed by atoms with E-state index in [0.717, 1.165) is 33.5 Å². The summed E-state index contributed by atoms with van der Waals surface area (Å²) >= 11 is 0. The Morgan fingerprint density at radius 1 is 0.920 bits per heavy atom. The van der Waals surface area contributed by atoms with Gasteiger partial charge in [-0.2, -0.15) is 0 Å². The minimum absolute atomic E-state index is 0.333. The van der Waals surface area contributed by atoms with Crippen LogP contribution in [0.1, 0.15) is 12.1 Å². The fourth-order valence-corrected chi connectivity index (χ4v) is 2.80. The highest BCUT2D eigenvalue weighted by atomic mass is 19.1. The molecule has 0 saturated carbocycles. The Hall–Kier alpha value is -3.08. The van der Waals surface area contributed by atoms with Crippen molar-refractivity contribution in [2.45, 2.75) is 12.8 Å². The van der Waals surface area contributed by atoms with Crippen LogP contribution >= 0.6 is 0 Å². The topological polar surface area (TPSA) is 43.6 Å². The van der Waals surface area contributed by atoms with Gasteiger partial charge in [-0.15, -0.1) is 5.10 Å². The first-order valence-corrected chi connectivity index (χ1v) is 8.27. The summed E-state index contributed by atoms with van der Waals surface area (Å²) in [6, 6.07) is 20.2. The van der Waals surface area contributed by atoms with Gasteiger partial charge in [-0.3, -0.25) is 4.39 Å². The molecule has 0 atom stereocenters. The van der Waals surface area contributed by atoms with Gasteiger partial charge in [0.1, 0.15) is 0 Å². The van der Waals surface area contributed by atoms with Crippen molar-refractivity contribution in [3.05, 3.63) is 72.6 Å². The standard InChI is InChI=1S/C20H17FN4/c21-13-3-5-17-14-25(24-23-17)18-10-7-16(8-11-18)20-12-9-15-4-1-2-6-19(15)22-20/h1-2,4,6-12,14H,3,5,13H2. The molecule has 0 saturated heterocycles. The van der Waals surface area contributed by atoms with Crippen molar-refractivity contribution in [2.24, 2.45) is 0 Å². The van der Waals surface area contributed by atoms with Gasteiger partial charge in [0, 0.05) is 10.9 Å². The first-order chi connectivity index (χ1) is 12.3. The third-order valence-corrected chi connectivity index (χ3v) is 4.13. The molecule has 0 fully saturated rings. The van der Waals surface area contributed by atoms with Crippen LogP contribution in [-0.4, -0.2) is 26.7 Å². The maximum Gasteiger partial charge on any atom is 0.0898 e. The summed E-state index contributed by atoms with van der Waals surface area (Å²) in [6.07, 6.45) is 2.93. The molecular formula is C20H17FN4. The predicted molar refractivity (Wildman–Crippen MR) is 96.4 cm³/mol. The Balaban J connectivity index is 1.59. The maximum atomic E-state index is 12.3. The number of aromatic nitrogens is 4. The lowest BCUT2D eigenvalue weighted by Crippen LogP contribution is -1.94. The van der Waals surface area contributed by atoms with Gasteiger partial charge in [0.05, 0.1) is 35.5 Å². The second kappa shape index (κ2) is 6.81. The van der Waals surface area contributed by atoms with E-state index < -0.39 is 0 Å². The summed E-state index contributed by atoms with van der Waals surface area (Å²) in [5, 5.41) is 9.32. The molecule has 0 N–H and O–H groups in total. The van der Waals surface area contributed by atoms with Gasteiger partial charge in [-0.1, -0.05) is 41.6 Å². The van der Waals surface area contributed by atoms with Gasteiger partial charge in [-0.05, 0) is 37.1 Å². The van der Waals surface area contributed by atoms with Crippen molar-refractivity contribution in [1.82, 2.24) is 20.0 Å². The van der Waals surface area contributed by atoms with Gasteiger partial charge in [-0.25, -0.2) is 9.67 Å². The van der Waals surface area contributed by atoms with Crippen molar-refractivity contribution < 1.29 is 4.39 Å². The highest BCUT2D eigenvalue weighted by Crippen LogP contribution is 2.22. The quantitative estimate of drug-likeness (QED) is 0.544. The molecule has 0 bridgehead atoms. The number of aryl methyl sites for hydroxylation is 1. The number of para-hydroxylation sites is 1. The number of benzene rings is 2. The molecule has 2 aromatic heterocycles. The fourth-order valence-electron chi connectivity index (χ4n) is 2.80. The summed E-state index contributed by atoms with van der Waals surface area (Å²) in [4.78, 5) is 4.72. The van der Waals surface area contributed by atoms with E-state index in [1.54, 1.807) is 4.68 Å². The molecule has 0 radical (unpaired) electrons. The summed E-state index contributed by atoms with van der Waals surface area (Å²) in [7, 11) is 0. The lowest BCUT2D eigenvalue weighted by atomic mass is 10.1. The first-order valence-electron chi connectivity index (χ1n) is 8.27. The molecule has 0 aliphatic carbocycles. The zero-order chi connectivity index (χ0) is 17.1. The van der Waals surface area contributed by atoms with Crippen molar-refractivity contribution in [3.8, 4) is 16.9 Å². The summed E-state index contributed by atoms with van der Waals surface area (Å²) in [6.45, 7) is -0.333. The molecule has 2 heterocycles. The third kappa shape index (κ3) is 3.26. The Morgan fingerprint density at radius 2 is 1.76 bits per heavy atom. The number of fused-ring (bicyclic) bond motifs is 1. The molecule has 4 aromatic rings. The van der Waals surface area contributed by atoms with Crippen LogP contribution in [0, 0.1) is 0 Å². The van der Waals surface area contributed by atoms with Crippen LogP contribution in [0.15, 0.2) is 66.9 Å².